The lowest BCUT2D eigenvalue weighted by atomic mass is 10.1. The molecular weight excluding hydrogens is 420 g/mol. The van der Waals surface area contributed by atoms with Gasteiger partial charge in [0.25, 0.3) is 5.91 Å². The summed E-state index contributed by atoms with van der Waals surface area (Å²) in [5, 5.41) is 0.560. The van der Waals surface area contributed by atoms with E-state index in [0.29, 0.717) is 29.6 Å². The van der Waals surface area contributed by atoms with Gasteiger partial charge in [0, 0.05) is 27.6 Å². The van der Waals surface area contributed by atoms with Crippen LogP contribution in [0.5, 0.6) is 0 Å². The predicted octanol–water partition coefficient (Wildman–Crippen LogP) is 4.83. The second-order valence-corrected chi connectivity index (χ2v) is 6.50. The summed E-state index contributed by atoms with van der Waals surface area (Å²) in [4.78, 5) is 14.5. The van der Waals surface area contributed by atoms with Gasteiger partial charge in [0.1, 0.15) is 0 Å². The van der Waals surface area contributed by atoms with E-state index in [-0.39, 0.29) is 5.91 Å². The van der Waals surface area contributed by atoms with Gasteiger partial charge in [-0.3, -0.25) is 4.79 Å². The third-order valence-corrected chi connectivity index (χ3v) is 4.36. The van der Waals surface area contributed by atoms with Gasteiger partial charge in [0.05, 0.1) is 5.56 Å². The number of nitrogens with zero attached hydrogens (tertiary/aromatic N) is 1. The number of halogens is 3. The van der Waals surface area contributed by atoms with Crippen molar-refractivity contribution in [1.82, 2.24) is 4.90 Å². The summed E-state index contributed by atoms with van der Waals surface area (Å²) in [5.41, 5.74) is 1.69. The van der Waals surface area contributed by atoms with Crippen LogP contribution in [0.3, 0.4) is 0 Å². The van der Waals surface area contributed by atoms with Crippen LogP contribution in [-0.4, -0.2) is 23.2 Å². The van der Waals surface area contributed by atoms with Gasteiger partial charge < -0.3 is 4.90 Å². The highest BCUT2D eigenvalue weighted by molar-refractivity contribution is 14.1. The molecular formula is C16H14Cl2INO. The van der Waals surface area contributed by atoms with Crippen LogP contribution in [0.4, 0.5) is 0 Å². The Bertz CT molecular complexity index is 619. The quantitative estimate of drug-likeness (QED) is 0.488. The zero-order valence-corrected chi connectivity index (χ0v) is 14.9. The molecule has 1 amide bonds. The number of carbonyl (C=O) groups is 1. The Morgan fingerprint density at radius 1 is 1.14 bits per heavy atom. The molecule has 0 saturated carbocycles. The van der Waals surface area contributed by atoms with Crippen molar-refractivity contribution < 1.29 is 4.79 Å². The maximum atomic E-state index is 12.7. The predicted molar refractivity (Wildman–Crippen MR) is 96.1 cm³/mol. The van der Waals surface area contributed by atoms with Crippen LogP contribution in [0.15, 0.2) is 48.5 Å². The van der Waals surface area contributed by atoms with Crippen molar-refractivity contribution in [3.8, 4) is 0 Å². The lowest BCUT2D eigenvalue weighted by Gasteiger charge is -2.22. The summed E-state index contributed by atoms with van der Waals surface area (Å²) < 4.78 is 0.884. The Balaban J connectivity index is 2.25. The molecule has 0 aromatic heterocycles. The number of hydrogen-bond donors (Lipinski definition) is 0. The zero-order valence-electron chi connectivity index (χ0n) is 11.2. The van der Waals surface area contributed by atoms with E-state index in [1.54, 1.807) is 17.0 Å². The Kier molecular flexibility index (Phi) is 6.33. The highest BCUT2D eigenvalue weighted by atomic mass is 127. The second-order valence-electron chi connectivity index (χ2n) is 4.53. The van der Waals surface area contributed by atoms with Gasteiger partial charge in [0.2, 0.25) is 0 Å². The van der Waals surface area contributed by atoms with E-state index in [1.807, 2.05) is 36.4 Å². The molecule has 5 heteroatoms. The molecule has 2 rings (SSSR count). The van der Waals surface area contributed by atoms with Crippen LogP contribution >= 0.6 is 45.8 Å². The first-order valence-electron chi connectivity index (χ1n) is 6.46. The average Bonchev–Trinajstić information content (AvgIpc) is 2.49. The Morgan fingerprint density at radius 3 is 2.52 bits per heavy atom. The first-order valence-corrected chi connectivity index (χ1v) is 8.45. The molecule has 0 aliphatic rings. The van der Waals surface area contributed by atoms with Crippen molar-refractivity contribution >= 4 is 51.7 Å². The summed E-state index contributed by atoms with van der Waals surface area (Å²) in [6, 6.07) is 15.2. The molecule has 0 unspecified atom stereocenters. The van der Waals surface area contributed by atoms with Gasteiger partial charge >= 0.3 is 0 Å². The largest absolute Gasteiger partial charge is 0.333 e. The summed E-state index contributed by atoms with van der Waals surface area (Å²) >= 11 is 14.0. The van der Waals surface area contributed by atoms with E-state index >= 15 is 0 Å². The lowest BCUT2D eigenvalue weighted by Crippen LogP contribution is -2.32. The molecule has 0 aliphatic heterocycles. The van der Waals surface area contributed by atoms with E-state index < -0.39 is 0 Å². The average molecular weight is 434 g/mol. The van der Waals surface area contributed by atoms with Crippen LogP contribution in [0.25, 0.3) is 0 Å². The number of hydrogen-bond acceptors (Lipinski definition) is 1. The Morgan fingerprint density at radius 2 is 1.86 bits per heavy atom. The van der Waals surface area contributed by atoms with Gasteiger partial charge in [-0.05, 0) is 46.4 Å². The molecule has 0 atom stereocenters. The molecule has 0 radical (unpaired) electrons. The molecule has 2 aromatic rings. The van der Waals surface area contributed by atoms with Crippen LogP contribution in [0, 0.1) is 3.57 Å². The third-order valence-electron chi connectivity index (χ3n) is 3.02. The highest BCUT2D eigenvalue weighted by Gasteiger charge is 2.18. The minimum absolute atomic E-state index is 0.0496. The Hall–Kier alpha value is -0.780. The van der Waals surface area contributed by atoms with Crippen LogP contribution in [0.2, 0.25) is 5.02 Å². The molecule has 0 spiro atoms. The lowest BCUT2D eigenvalue weighted by molar-refractivity contribution is 0.0752. The van der Waals surface area contributed by atoms with Crippen molar-refractivity contribution in [3.63, 3.8) is 0 Å². The first kappa shape index (κ1) is 16.6. The van der Waals surface area contributed by atoms with E-state index in [9.17, 15) is 4.79 Å². The normalized spacial score (nSPS) is 10.4. The summed E-state index contributed by atoms with van der Waals surface area (Å²) in [5.74, 6) is 0.349. The van der Waals surface area contributed by atoms with E-state index in [4.69, 9.17) is 23.2 Å². The fourth-order valence-electron chi connectivity index (χ4n) is 1.99. The van der Waals surface area contributed by atoms with Gasteiger partial charge in [-0.25, -0.2) is 0 Å². The maximum Gasteiger partial charge on any atom is 0.255 e. The number of rotatable bonds is 5. The van der Waals surface area contributed by atoms with Gasteiger partial charge in [0.15, 0.2) is 0 Å². The third kappa shape index (κ3) is 4.59. The second kappa shape index (κ2) is 8.01. The molecule has 2 aromatic carbocycles. The van der Waals surface area contributed by atoms with Crippen LogP contribution in [0.1, 0.15) is 15.9 Å². The zero-order chi connectivity index (χ0) is 15.2. The van der Waals surface area contributed by atoms with Crippen molar-refractivity contribution in [1.29, 1.82) is 0 Å². The number of amides is 1. The van der Waals surface area contributed by atoms with Gasteiger partial charge in [-0.15, -0.1) is 11.6 Å². The summed E-state index contributed by atoms with van der Waals surface area (Å²) in [6.45, 7) is 1.03. The standard InChI is InChI=1S/C16H14Cl2INO/c17-8-9-20(11-12-4-2-1-3-5-12)16(21)14-10-13(18)6-7-15(14)19/h1-7,10H,8-9,11H2. The number of benzene rings is 2. The van der Waals surface area contributed by atoms with Crippen molar-refractivity contribution in [2.45, 2.75) is 6.54 Å². The molecule has 0 N–H and O–H groups in total. The molecule has 0 bridgehead atoms. The van der Waals surface area contributed by atoms with Gasteiger partial charge in [-0.1, -0.05) is 41.9 Å². The van der Waals surface area contributed by atoms with E-state index in [2.05, 4.69) is 22.6 Å². The molecule has 2 nitrogen and oxygen atoms in total. The van der Waals surface area contributed by atoms with Crippen molar-refractivity contribution in [2.75, 3.05) is 12.4 Å². The van der Waals surface area contributed by atoms with Crippen LogP contribution < -0.4 is 0 Å². The Labute approximate surface area is 148 Å². The van der Waals surface area contributed by atoms with Crippen molar-refractivity contribution in [3.05, 3.63) is 68.3 Å². The van der Waals surface area contributed by atoms with E-state index in [1.165, 1.54) is 0 Å². The first-order chi connectivity index (χ1) is 10.1. The fraction of sp³-hybridized carbons (Fsp3) is 0.188. The van der Waals surface area contributed by atoms with Gasteiger partial charge in [-0.2, -0.15) is 0 Å². The smallest absolute Gasteiger partial charge is 0.255 e. The highest BCUT2D eigenvalue weighted by Crippen LogP contribution is 2.20. The monoisotopic (exact) mass is 433 g/mol. The number of carbonyl (C=O) groups excluding carboxylic acids is 1. The topological polar surface area (TPSA) is 20.3 Å². The van der Waals surface area contributed by atoms with Crippen molar-refractivity contribution in [2.24, 2.45) is 0 Å². The minimum atomic E-state index is -0.0496. The fourth-order valence-corrected chi connectivity index (χ4v) is 2.93. The number of alkyl halides is 1. The minimum Gasteiger partial charge on any atom is -0.333 e. The molecule has 110 valence electrons. The molecule has 0 saturated heterocycles. The summed E-state index contributed by atoms with van der Waals surface area (Å²) in [6.07, 6.45) is 0. The van der Waals surface area contributed by atoms with E-state index in [0.717, 1.165) is 9.13 Å². The summed E-state index contributed by atoms with van der Waals surface area (Å²) in [7, 11) is 0. The molecule has 0 aliphatic carbocycles. The van der Waals surface area contributed by atoms with Crippen LogP contribution in [-0.2, 0) is 6.54 Å². The molecule has 21 heavy (non-hydrogen) atoms. The maximum absolute atomic E-state index is 12.7. The SMILES string of the molecule is O=C(c1cc(Cl)ccc1I)N(CCCl)Cc1ccccc1. The molecule has 0 heterocycles. The molecule has 0 fully saturated rings.